The van der Waals surface area contributed by atoms with Crippen molar-refractivity contribution in [3.8, 4) is 5.75 Å². The molecule has 3 nitrogen and oxygen atoms in total. The number of fused-ring (bicyclic) bond motifs is 1. The molecule has 2 rings (SSSR count). The second-order valence-electron chi connectivity index (χ2n) is 2.74. The SMILES string of the molecule is FC(F)(F)Oc1cccc2c(Cl)[nH]nc12. The average Bonchev–Trinajstić information content (AvgIpc) is 2.47. The largest absolute Gasteiger partial charge is 0.573 e. The van der Waals surface area contributed by atoms with E-state index in [0.29, 0.717) is 5.39 Å². The van der Waals surface area contributed by atoms with E-state index >= 15 is 0 Å². The van der Waals surface area contributed by atoms with Crippen molar-refractivity contribution in [2.24, 2.45) is 0 Å². The third-order valence-electron chi connectivity index (χ3n) is 1.73. The van der Waals surface area contributed by atoms with Gasteiger partial charge in [0.05, 0.1) is 0 Å². The molecule has 0 saturated heterocycles. The lowest BCUT2D eigenvalue weighted by Gasteiger charge is -2.08. The van der Waals surface area contributed by atoms with Gasteiger partial charge in [0.1, 0.15) is 10.7 Å². The van der Waals surface area contributed by atoms with Gasteiger partial charge in [0.15, 0.2) is 5.75 Å². The molecule has 0 bridgehead atoms. The van der Waals surface area contributed by atoms with Crippen molar-refractivity contribution in [3.63, 3.8) is 0 Å². The predicted molar refractivity (Wildman–Crippen MR) is 47.8 cm³/mol. The fourth-order valence-electron chi connectivity index (χ4n) is 1.19. The topological polar surface area (TPSA) is 37.9 Å². The molecule has 1 aromatic carbocycles. The number of ether oxygens (including phenoxy) is 1. The average molecular weight is 237 g/mol. The van der Waals surface area contributed by atoms with E-state index in [1.165, 1.54) is 12.1 Å². The highest BCUT2D eigenvalue weighted by Gasteiger charge is 2.32. The summed E-state index contributed by atoms with van der Waals surface area (Å²) in [5.74, 6) is -0.372. The van der Waals surface area contributed by atoms with Crippen LogP contribution in [0.3, 0.4) is 0 Å². The summed E-state index contributed by atoms with van der Waals surface area (Å²) >= 11 is 5.66. The van der Waals surface area contributed by atoms with Crippen LogP contribution in [0.2, 0.25) is 5.15 Å². The van der Waals surface area contributed by atoms with Gasteiger partial charge in [0, 0.05) is 5.39 Å². The number of nitrogens with one attached hydrogen (secondary N) is 1. The predicted octanol–water partition coefficient (Wildman–Crippen LogP) is 3.11. The van der Waals surface area contributed by atoms with Crippen LogP contribution in [0.25, 0.3) is 10.9 Å². The second kappa shape index (κ2) is 3.30. The van der Waals surface area contributed by atoms with E-state index in [9.17, 15) is 13.2 Å². The number of nitrogens with zero attached hydrogens (tertiary/aromatic N) is 1. The third-order valence-corrected chi connectivity index (χ3v) is 2.02. The van der Waals surface area contributed by atoms with Crippen LogP contribution in [-0.4, -0.2) is 16.6 Å². The van der Waals surface area contributed by atoms with Crippen molar-refractivity contribution in [2.45, 2.75) is 6.36 Å². The van der Waals surface area contributed by atoms with Crippen molar-refractivity contribution in [1.29, 1.82) is 0 Å². The molecular formula is C8H4ClF3N2O. The molecule has 1 aromatic heterocycles. The van der Waals surface area contributed by atoms with Gasteiger partial charge in [-0.15, -0.1) is 13.2 Å². The Bertz CT molecular complexity index is 494. The summed E-state index contributed by atoms with van der Waals surface area (Å²) in [5.41, 5.74) is 0.0554. The first-order chi connectivity index (χ1) is 6.97. The zero-order valence-electron chi connectivity index (χ0n) is 7.10. The van der Waals surface area contributed by atoms with Crippen LogP contribution < -0.4 is 4.74 Å². The molecule has 0 fully saturated rings. The molecule has 15 heavy (non-hydrogen) atoms. The molecule has 0 saturated carbocycles. The minimum Gasteiger partial charge on any atom is -0.403 e. The van der Waals surface area contributed by atoms with Crippen LogP contribution in [0.5, 0.6) is 5.75 Å². The molecule has 1 heterocycles. The van der Waals surface area contributed by atoms with Gasteiger partial charge < -0.3 is 4.74 Å². The van der Waals surface area contributed by atoms with E-state index in [4.69, 9.17) is 11.6 Å². The minimum absolute atomic E-state index is 0.0554. The normalized spacial score (nSPS) is 12.0. The number of aromatic amines is 1. The Morgan fingerprint density at radius 1 is 1.33 bits per heavy atom. The Balaban J connectivity index is 2.52. The summed E-state index contributed by atoms with van der Waals surface area (Å²) in [5, 5.41) is 6.56. The van der Waals surface area contributed by atoms with Crippen LogP contribution in [0.4, 0.5) is 13.2 Å². The first-order valence-corrected chi connectivity index (χ1v) is 4.23. The fourth-order valence-corrected chi connectivity index (χ4v) is 1.38. The van der Waals surface area contributed by atoms with E-state index in [0.717, 1.165) is 0 Å². The van der Waals surface area contributed by atoms with Gasteiger partial charge in [0.2, 0.25) is 0 Å². The summed E-state index contributed by atoms with van der Waals surface area (Å²) in [6.45, 7) is 0. The Morgan fingerprint density at radius 2 is 2.07 bits per heavy atom. The van der Waals surface area contributed by atoms with Crippen molar-refractivity contribution in [1.82, 2.24) is 10.2 Å². The number of aromatic nitrogens is 2. The second-order valence-corrected chi connectivity index (χ2v) is 3.12. The Kier molecular flexibility index (Phi) is 2.22. The van der Waals surface area contributed by atoms with Gasteiger partial charge in [-0.3, -0.25) is 5.10 Å². The number of rotatable bonds is 1. The number of para-hydroxylation sites is 1. The molecular weight excluding hydrogens is 233 g/mol. The maximum Gasteiger partial charge on any atom is 0.573 e. The van der Waals surface area contributed by atoms with E-state index in [-0.39, 0.29) is 16.4 Å². The molecule has 0 atom stereocenters. The van der Waals surface area contributed by atoms with Gasteiger partial charge in [-0.1, -0.05) is 17.7 Å². The fraction of sp³-hybridized carbons (Fsp3) is 0.125. The minimum atomic E-state index is -4.74. The molecule has 0 radical (unpaired) electrons. The highest BCUT2D eigenvalue weighted by molar-refractivity contribution is 6.34. The Hall–Kier alpha value is -1.43. The molecule has 80 valence electrons. The summed E-state index contributed by atoms with van der Waals surface area (Å²) in [4.78, 5) is 0. The molecule has 0 aliphatic carbocycles. The lowest BCUT2D eigenvalue weighted by Crippen LogP contribution is -2.17. The van der Waals surface area contributed by atoms with Crippen molar-refractivity contribution in [2.75, 3.05) is 0 Å². The smallest absolute Gasteiger partial charge is 0.403 e. The Labute approximate surface area is 86.8 Å². The van der Waals surface area contributed by atoms with Gasteiger partial charge in [-0.2, -0.15) is 5.10 Å². The summed E-state index contributed by atoms with van der Waals surface area (Å²) in [6.07, 6.45) is -4.74. The van der Waals surface area contributed by atoms with Crippen molar-refractivity contribution < 1.29 is 17.9 Å². The molecule has 0 aliphatic rings. The maximum atomic E-state index is 12.0. The summed E-state index contributed by atoms with van der Waals surface area (Å²) < 4.78 is 39.7. The number of H-pyrrole nitrogens is 1. The van der Waals surface area contributed by atoms with Crippen molar-refractivity contribution >= 4 is 22.5 Å². The first-order valence-electron chi connectivity index (χ1n) is 3.86. The number of hydrogen-bond acceptors (Lipinski definition) is 2. The van der Waals surface area contributed by atoms with Gasteiger partial charge >= 0.3 is 6.36 Å². The van der Waals surface area contributed by atoms with Gasteiger partial charge in [0.25, 0.3) is 0 Å². The van der Waals surface area contributed by atoms with Crippen LogP contribution in [0.1, 0.15) is 0 Å². The van der Waals surface area contributed by atoms with E-state index in [2.05, 4.69) is 14.9 Å². The number of hydrogen-bond donors (Lipinski definition) is 1. The van der Waals surface area contributed by atoms with E-state index in [1.807, 2.05) is 0 Å². The molecule has 7 heteroatoms. The highest BCUT2D eigenvalue weighted by Crippen LogP contribution is 2.31. The van der Waals surface area contributed by atoms with Gasteiger partial charge in [-0.25, -0.2) is 0 Å². The highest BCUT2D eigenvalue weighted by atomic mass is 35.5. The van der Waals surface area contributed by atoms with Crippen LogP contribution in [0.15, 0.2) is 18.2 Å². The number of benzene rings is 1. The maximum absolute atomic E-state index is 12.0. The van der Waals surface area contributed by atoms with Crippen LogP contribution in [0, 0.1) is 0 Å². The standard InChI is InChI=1S/C8H4ClF3N2O/c9-7-4-2-1-3-5(6(4)13-14-7)15-8(10,11)12/h1-3H,(H,13,14). The quantitative estimate of drug-likeness (QED) is 0.826. The third kappa shape index (κ3) is 1.99. The summed E-state index contributed by atoms with van der Waals surface area (Å²) in [7, 11) is 0. The van der Waals surface area contributed by atoms with Crippen LogP contribution in [-0.2, 0) is 0 Å². The Morgan fingerprint density at radius 3 is 2.73 bits per heavy atom. The first kappa shape index (κ1) is 10.1. The molecule has 2 aromatic rings. The lowest BCUT2D eigenvalue weighted by atomic mass is 10.2. The van der Waals surface area contributed by atoms with E-state index < -0.39 is 6.36 Å². The monoisotopic (exact) mass is 236 g/mol. The molecule has 0 unspecified atom stereocenters. The molecule has 0 aliphatic heterocycles. The van der Waals surface area contributed by atoms with Gasteiger partial charge in [-0.05, 0) is 12.1 Å². The number of halogens is 4. The van der Waals surface area contributed by atoms with Crippen molar-refractivity contribution in [3.05, 3.63) is 23.4 Å². The zero-order chi connectivity index (χ0) is 11.1. The lowest BCUT2D eigenvalue weighted by molar-refractivity contribution is -0.274. The van der Waals surface area contributed by atoms with Crippen LogP contribution >= 0.6 is 11.6 Å². The van der Waals surface area contributed by atoms with E-state index in [1.54, 1.807) is 6.07 Å². The molecule has 0 amide bonds. The zero-order valence-corrected chi connectivity index (χ0v) is 7.86. The number of alkyl halides is 3. The molecule has 1 N–H and O–H groups in total. The molecule has 0 spiro atoms. The summed E-state index contributed by atoms with van der Waals surface area (Å²) in [6, 6.07) is 4.13.